The maximum atomic E-state index is 12.6. The summed E-state index contributed by atoms with van der Waals surface area (Å²) in [6.07, 6.45) is 0. The van der Waals surface area contributed by atoms with Crippen molar-refractivity contribution in [2.75, 3.05) is 52.4 Å². The lowest BCUT2D eigenvalue weighted by atomic mass is 10.1. The van der Waals surface area contributed by atoms with Crippen molar-refractivity contribution in [1.29, 1.82) is 0 Å². The molecule has 2 fully saturated rings. The number of hydrogen-bond acceptors (Lipinski definition) is 4. The fourth-order valence-corrected chi connectivity index (χ4v) is 3.58. The van der Waals surface area contributed by atoms with Crippen molar-refractivity contribution in [1.82, 2.24) is 20.0 Å². The van der Waals surface area contributed by atoms with E-state index in [4.69, 9.17) is 0 Å². The van der Waals surface area contributed by atoms with E-state index in [2.05, 4.69) is 53.2 Å². The van der Waals surface area contributed by atoms with Crippen LogP contribution >= 0.6 is 0 Å². The highest BCUT2D eigenvalue weighted by Gasteiger charge is 2.25. The van der Waals surface area contributed by atoms with Gasteiger partial charge in [-0.15, -0.1) is 0 Å². The average molecular weight is 330 g/mol. The Bertz CT molecular complexity index is 554. The van der Waals surface area contributed by atoms with Crippen LogP contribution in [-0.2, 0) is 11.3 Å². The van der Waals surface area contributed by atoms with Crippen LogP contribution in [0.1, 0.15) is 18.1 Å². The fourth-order valence-electron chi connectivity index (χ4n) is 3.58. The van der Waals surface area contributed by atoms with Crippen molar-refractivity contribution >= 4 is 5.91 Å². The van der Waals surface area contributed by atoms with Crippen LogP contribution in [0.3, 0.4) is 0 Å². The van der Waals surface area contributed by atoms with Gasteiger partial charge in [0.2, 0.25) is 5.91 Å². The van der Waals surface area contributed by atoms with Crippen molar-refractivity contribution in [3.8, 4) is 0 Å². The molecule has 0 aromatic heterocycles. The van der Waals surface area contributed by atoms with Crippen LogP contribution < -0.4 is 5.32 Å². The number of nitrogens with zero attached hydrogens (tertiary/aromatic N) is 3. The van der Waals surface area contributed by atoms with Crippen molar-refractivity contribution < 1.29 is 4.79 Å². The molecule has 0 aliphatic carbocycles. The number of carbonyl (C=O) groups excluding carboxylic acids is 1. The van der Waals surface area contributed by atoms with Crippen molar-refractivity contribution in [2.24, 2.45) is 0 Å². The first kappa shape index (κ1) is 17.4. The molecule has 3 rings (SSSR count). The minimum Gasteiger partial charge on any atom is -0.339 e. The van der Waals surface area contributed by atoms with Gasteiger partial charge in [-0.25, -0.2) is 0 Å². The Labute approximate surface area is 145 Å². The van der Waals surface area contributed by atoms with Gasteiger partial charge in [-0.3, -0.25) is 14.6 Å². The van der Waals surface area contributed by atoms with Gasteiger partial charge in [0.1, 0.15) is 0 Å². The quantitative estimate of drug-likeness (QED) is 0.892. The molecule has 2 saturated heterocycles. The Morgan fingerprint density at radius 3 is 2.62 bits per heavy atom. The van der Waals surface area contributed by atoms with Gasteiger partial charge >= 0.3 is 0 Å². The first-order valence-corrected chi connectivity index (χ1v) is 9.13. The summed E-state index contributed by atoms with van der Waals surface area (Å²) in [6.45, 7) is 12.5. The second-order valence-electron chi connectivity index (χ2n) is 7.11. The normalized spacial score (nSPS) is 23.4. The summed E-state index contributed by atoms with van der Waals surface area (Å²) in [5, 5.41) is 3.38. The highest BCUT2D eigenvalue weighted by Crippen LogP contribution is 2.13. The molecule has 2 aliphatic rings. The minimum absolute atomic E-state index is 0.291. The molecular formula is C19H30N4O. The Kier molecular flexibility index (Phi) is 5.87. The summed E-state index contributed by atoms with van der Waals surface area (Å²) in [4.78, 5) is 19.4. The summed E-state index contributed by atoms with van der Waals surface area (Å²) >= 11 is 0. The third-order valence-corrected chi connectivity index (χ3v) is 5.36. The Hall–Kier alpha value is -1.43. The van der Waals surface area contributed by atoms with Crippen molar-refractivity contribution in [2.45, 2.75) is 26.4 Å². The van der Waals surface area contributed by atoms with E-state index >= 15 is 0 Å². The molecule has 0 unspecified atom stereocenters. The van der Waals surface area contributed by atoms with Crippen LogP contribution in [0.4, 0.5) is 0 Å². The predicted octanol–water partition coefficient (Wildman–Crippen LogP) is 0.933. The van der Waals surface area contributed by atoms with E-state index in [-0.39, 0.29) is 0 Å². The molecule has 1 atom stereocenters. The standard InChI is InChI=1S/C19H30N4O/c1-16-5-3-4-6-18(16)14-21-9-11-22(12-10-21)19(24)15-23-8-7-20-13-17(23)2/h3-6,17,20H,7-15H2,1-2H3/t17-/m1/s1. The van der Waals surface area contributed by atoms with Crippen molar-refractivity contribution in [3.63, 3.8) is 0 Å². The maximum Gasteiger partial charge on any atom is 0.236 e. The second-order valence-corrected chi connectivity index (χ2v) is 7.11. The molecular weight excluding hydrogens is 300 g/mol. The number of benzene rings is 1. The van der Waals surface area contributed by atoms with Crippen LogP contribution in [-0.4, -0.2) is 79.0 Å². The van der Waals surface area contributed by atoms with Crippen LogP contribution in [0.15, 0.2) is 24.3 Å². The Morgan fingerprint density at radius 2 is 1.92 bits per heavy atom. The molecule has 1 amide bonds. The van der Waals surface area contributed by atoms with E-state index in [1.165, 1.54) is 11.1 Å². The third-order valence-electron chi connectivity index (χ3n) is 5.36. The number of rotatable bonds is 4. The SMILES string of the molecule is Cc1ccccc1CN1CCN(C(=O)CN2CCNC[C@H]2C)CC1. The lowest BCUT2D eigenvalue weighted by Crippen LogP contribution is -2.55. The number of carbonyl (C=O) groups is 1. The van der Waals surface area contributed by atoms with E-state index in [1.54, 1.807) is 0 Å². The lowest BCUT2D eigenvalue weighted by Gasteiger charge is -2.38. The zero-order chi connectivity index (χ0) is 16.9. The largest absolute Gasteiger partial charge is 0.339 e. The van der Waals surface area contributed by atoms with Gasteiger partial charge in [0.05, 0.1) is 6.54 Å². The molecule has 1 aromatic rings. The highest BCUT2D eigenvalue weighted by molar-refractivity contribution is 5.78. The van der Waals surface area contributed by atoms with Gasteiger partial charge in [-0.05, 0) is 25.0 Å². The molecule has 0 saturated carbocycles. The molecule has 5 nitrogen and oxygen atoms in total. The molecule has 2 aliphatic heterocycles. The third kappa shape index (κ3) is 4.35. The minimum atomic E-state index is 0.291. The van der Waals surface area contributed by atoms with Crippen LogP contribution in [0.5, 0.6) is 0 Å². The number of amides is 1. The number of piperazine rings is 2. The van der Waals surface area contributed by atoms with Crippen molar-refractivity contribution in [3.05, 3.63) is 35.4 Å². The van der Waals surface area contributed by atoms with Gasteiger partial charge in [-0.2, -0.15) is 0 Å². The van der Waals surface area contributed by atoms with Gasteiger partial charge in [-0.1, -0.05) is 24.3 Å². The van der Waals surface area contributed by atoms with Gasteiger partial charge in [0.25, 0.3) is 0 Å². The molecule has 0 radical (unpaired) electrons. The lowest BCUT2D eigenvalue weighted by molar-refractivity contribution is -0.135. The molecule has 5 heteroatoms. The molecule has 2 heterocycles. The van der Waals surface area contributed by atoms with E-state index in [0.29, 0.717) is 18.5 Å². The summed E-state index contributed by atoms with van der Waals surface area (Å²) in [6, 6.07) is 9.02. The number of aryl methyl sites for hydroxylation is 1. The summed E-state index contributed by atoms with van der Waals surface area (Å²) < 4.78 is 0. The molecule has 1 aromatic carbocycles. The van der Waals surface area contributed by atoms with Gasteiger partial charge in [0.15, 0.2) is 0 Å². The first-order valence-electron chi connectivity index (χ1n) is 9.13. The van der Waals surface area contributed by atoms with Crippen LogP contribution in [0, 0.1) is 6.92 Å². The van der Waals surface area contributed by atoms with E-state index in [0.717, 1.165) is 52.4 Å². The Morgan fingerprint density at radius 1 is 1.17 bits per heavy atom. The summed E-state index contributed by atoms with van der Waals surface area (Å²) in [5.41, 5.74) is 2.75. The first-order chi connectivity index (χ1) is 11.6. The Balaban J connectivity index is 1.46. The van der Waals surface area contributed by atoms with E-state index in [1.807, 2.05) is 4.90 Å². The zero-order valence-corrected chi connectivity index (χ0v) is 15.0. The zero-order valence-electron chi connectivity index (χ0n) is 15.0. The smallest absolute Gasteiger partial charge is 0.236 e. The molecule has 1 N–H and O–H groups in total. The molecule has 0 bridgehead atoms. The van der Waals surface area contributed by atoms with Crippen LogP contribution in [0.2, 0.25) is 0 Å². The maximum absolute atomic E-state index is 12.6. The van der Waals surface area contributed by atoms with E-state index in [9.17, 15) is 4.79 Å². The molecule has 24 heavy (non-hydrogen) atoms. The summed E-state index contributed by atoms with van der Waals surface area (Å²) in [5.74, 6) is 0.291. The number of hydrogen-bond donors (Lipinski definition) is 1. The second kappa shape index (κ2) is 8.10. The van der Waals surface area contributed by atoms with E-state index < -0.39 is 0 Å². The fraction of sp³-hybridized carbons (Fsp3) is 0.632. The average Bonchev–Trinajstić information content (AvgIpc) is 2.59. The van der Waals surface area contributed by atoms with Crippen LogP contribution in [0.25, 0.3) is 0 Å². The van der Waals surface area contributed by atoms with Gasteiger partial charge < -0.3 is 10.2 Å². The summed E-state index contributed by atoms with van der Waals surface area (Å²) in [7, 11) is 0. The predicted molar refractivity (Wildman–Crippen MR) is 96.9 cm³/mol. The highest BCUT2D eigenvalue weighted by atomic mass is 16.2. The van der Waals surface area contributed by atoms with Gasteiger partial charge in [0, 0.05) is 58.4 Å². The topological polar surface area (TPSA) is 38.8 Å². The number of nitrogens with one attached hydrogen (secondary N) is 1. The molecule has 0 spiro atoms. The molecule has 132 valence electrons. The monoisotopic (exact) mass is 330 g/mol.